The van der Waals surface area contributed by atoms with E-state index in [1.54, 1.807) is 11.9 Å². The number of carbonyl (C=O) groups excluding carboxylic acids is 1. The first-order chi connectivity index (χ1) is 11.5. The van der Waals surface area contributed by atoms with Crippen molar-refractivity contribution in [2.24, 2.45) is 0 Å². The Hall–Kier alpha value is -1.86. The second kappa shape index (κ2) is 7.36. The number of hydrogen-bond donors (Lipinski definition) is 1. The zero-order chi connectivity index (χ0) is 17.1. The minimum atomic E-state index is -0.0873. The molecule has 2 aromatic rings. The summed E-state index contributed by atoms with van der Waals surface area (Å²) in [6.45, 7) is 7.12. The van der Waals surface area contributed by atoms with Gasteiger partial charge >= 0.3 is 6.03 Å². The molecular formula is C17H24N4O2S. The molecule has 0 fully saturated rings. The fourth-order valence-electron chi connectivity index (χ4n) is 2.95. The Morgan fingerprint density at radius 1 is 1.58 bits per heavy atom. The Balaban J connectivity index is 1.45. The first-order valence-electron chi connectivity index (χ1n) is 8.23. The lowest BCUT2D eigenvalue weighted by Gasteiger charge is -2.32. The third kappa shape index (κ3) is 3.96. The maximum atomic E-state index is 12.2. The monoisotopic (exact) mass is 348 g/mol. The van der Waals surface area contributed by atoms with E-state index in [0.717, 1.165) is 31.0 Å². The first-order valence-corrected chi connectivity index (χ1v) is 9.11. The van der Waals surface area contributed by atoms with E-state index in [9.17, 15) is 4.79 Å². The van der Waals surface area contributed by atoms with Crippen molar-refractivity contribution in [3.05, 3.63) is 39.4 Å². The number of fused-ring (bicyclic) bond motifs is 1. The standard InChI is InChI=1S/C17H24N4O2S/c1-12(21-6-4-16-14(10-21)5-7-24-16)9-18-17(22)20(3)11-15-8-13(2)23-19-15/h5,7-8,12H,4,6,9-11H2,1-3H3,(H,18,22)/t12-/m0/s1. The predicted octanol–water partition coefficient (Wildman–Crippen LogP) is 2.63. The van der Waals surface area contributed by atoms with Crippen LogP contribution in [0.1, 0.15) is 28.8 Å². The summed E-state index contributed by atoms with van der Waals surface area (Å²) in [6, 6.07) is 4.28. The maximum Gasteiger partial charge on any atom is 0.317 e. The number of rotatable bonds is 5. The molecule has 6 nitrogen and oxygen atoms in total. The van der Waals surface area contributed by atoms with Crippen LogP contribution in [-0.2, 0) is 19.5 Å². The van der Waals surface area contributed by atoms with Crippen LogP contribution in [0, 0.1) is 6.92 Å². The molecule has 0 aromatic carbocycles. The summed E-state index contributed by atoms with van der Waals surface area (Å²) >= 11 is 1.85. The highest BCUT2D eigenvalue weighted by atomic mass is 32.1. The Morgan fingerprint density at radius 3 is 3.17 bits per heavy atom. The molecule has 24 heavy (non-hydrogen) atoms. The van der Waals surface area contributed by atoms with Crippen LogP contribution in [0.5, 0.6) is 0 Å². The summed E-state index contributed by atoms with van der Waals surface area (Å²) < 4.78 is 5.03. The van der Waals surface area contributed by atoms with Crippen molar-refractivity contribution in [3.63, 3.8) is 0 Å². The molecule has 0 aliphatic carbocycles. The molecule has 130 valence electrons. The Kier molecular flexibility index (Phi) is 5.20. The zero-order valence-corrected chi connectivity index (χ0v) is 15.2. The molecule has 0 spiro atoms. The average Bonchev–Trinajstić information content (AvgIpc) is 3.20. The van der Waals surface area contributed by atoms with Crippen LogP contribution in [-0.4, -0.2) is 47.2 Å². The van der Waals surface area contributed by atoms with Gasteiger partial charge in [-0.3, -0.25) is 4.90 Å². The number of nitrogens with zero attached hydrogens (tertiary/aromatic N) is 3. The van der Waals surface area contributed by atoms with Crippen molar-refractivity contribution in [2.75, 3.05) is 20.1 Å². The normalized spacial score (nSPS) is 15.8. The van der Waals surface area contributed by atoms with E-state index in [1.165, 1.54) is 10.4 Å². The van der Waals surface area contributed by atoms with Gasteiger partial charge in [-0.2, -0.15) is 0 Å². The summed E-state index contributed by atoms with van der Waals surface area (Å²) in [4.78, 5) is 17.8. The van der Waals surface area contributed by atoms with E-state index in [0.29, 0.717) is 19.1 Å². The molecule has 0 radical (unpaired) electrons. The molecule has 0 bridgehead atoms. The molecule has 2 amide bonds. The van der Waals surface area contributed by atoms with Gasteiger partial charge in [0.2, 0.25) is 0 Å². The number of urea groups is 1. The summed E-state index contributed by atoms with van der Waals surface area (Å²) in [6.07, 6.45) is 1.11. The van der Waals surface area contributed by atoms with Crippen molar-refractivity contribution < 1.29 is 9.32 Å². The maximum absolute atomic E-state index is 12.2. The van der Waals surface area contributed by atoms with Crippen LogP contribution < -0.4 is 5.32 Å². The molecule has 1 aliphatic rings. The number of amides is 2. The molecule has 2 aromatic heterocycles. The third-order valence-electron chi connectivity index (χ3n) is 4.43. The number of nitrogens with one attached hydrogen (secondary N) is 1. The predicted molar refractivity (Wildman–Crippen MR) is 94.0 cm³/mol. The highest BCUT2D eigenvalue weighted by Crippen LogP contribution is 2.24. The van der Waals surface area contributed by atoms with Gasteiger partial charge in [0.15, 0.2) is 0 Å². The molecule has 0 saturated carbocycles. The van der Waals surface area contributed by atoms with E-state index in [2.05, 4.69) is 33.7 Å². The molecule has 0 unspecified atom stereocenters. The smallest absolute Gasteiger partial charge is 0.317 e. The molecule has 7 heteroatoms. The van der Waals surface area contributed by atoms with E-state index < -0.39 is 0 Å². The van der Waals surface area contributed by atoms with Crippen molar-refractivity contribution in [1.82, 2.24) is 20.3 Å². The molecule has 0 saturated heterocycles. The fraction of sp³-hybridized carbons (Fsp3) is 0.529. The highest BCUT2D eigenvalue weighted by Gasteiger charge is 2.22. The zero-order valence-electron chi connectivity index (χ0n) is 14.4. The molecule has 1 aliphatic heterocycles. The van der Waals surface area contributed by atoms with E-state index in [-0.39, 0.29) is 6.03 Å². The van der Waals surface area contributed by atoms with Gasteiger partial charge in [-0.1, -0.05) is 5.16 Å². The van der Waals surface area contributed by atoms with E-state index in [4.69, 9.17) is 4.52 Å². The summed E-state index contributed by atoms with van der Waals surface area (Å²) in [5.74, 6) is 0.755. The van der Waals surface area contributed by atoms with Crippen molar-refractivity contribution >= 4 is 17.4 Å². The third-order valence-corrected chi connectivity index (χ3v) is 5.45. The molecular weight excluding hydrogens is 324 g/mol. The molecule has 1 atom stereocenters. The number of thiophene rings is 1. The quantitative estimate of drug-likeness (QED) is 0.902. The Morgan fingerprint density at radius 2 is 2.42 bits per heavy atom. The van der Waals surface area contributed by atoms with Gasteiger partial charge < -0.3 is 14.7 Å². The van der Waals surface area contributed by atoms with Crippen molar-refractivity contribution in [3.8, 4) is 0 Å². The largest absolute Gasteiger partial charge is 0.361 e. The van der Waals surface area contributed by atoms with Gasteiger partial charge in [-0.05, 0) is 37.3 Å². The molecule has 3 heterocycles. The van der Waals surface area contributed by atoms with Crippen LogP contribution in [0.15, 0.2) is 22.0 Å². The highest BCUT2D eigenvalue weighted by molar-refractivity contribution is 7.10. The number of aryl methyl sites for hydroxylation is 1. The minimum Gasteiger partial charge on any atom is -0.361 e. The Labute approximate surface area is 146 Å². The van der Waals surface area contributed by atoms with Gasteiger partial charge in [0, 0.05) is 43.7 Å². The molecule has 3 rings (SSSR count). The number of carbonyl (C=O) groups is 1. The van der Waals surface area contributed by atoms with Gasteiger partial charge in [0.05, 0.1) is 6.54 Å². The van der Waals surface area contributed by atoms with Crippen molar-refractivity contribution in [2.45, 2.75) is 39.4 Å². The summed E-state index contributed by atoms with van der Waals surface area (Å²) in [7, 11) is 1.77. The van der Waals surface area contributed by atoms with Gasteiger partial charge in [0.25, 0.3) is 0 Å². The Bertz CT molecular complexity index is 696. The number of hydrogen-bond acceptors (Lipinski definition) is 5. The number of aromatic nitrogens is 1. The van der Waals surface area contributed by atoms with Gasteiger partial charge in [0.1, 0.15) is 11.5 Å². The summed E-state index contributed by atoms with van der Waals surface area (Å²) in [5, 5.41) is 9.10. The van der Waals surface area contributed by atoms with Crippen LogP contribution in [0.2, 0.25) is 0 Å². The minimum absolute atomic E-state index is 0.0873. The van der Waals surface area contributed by atoms with Crippen molar-refractivity contribution in [1.29, 1.82) is 0 Å². The van der Waals surface area contributed by atoms with Crippen LogP contribution in [0.4, 0.5) is 4.79 Å². The van der Waals surface area contributed by atoms with E-state index >= 15 is 0 Å². The lowest BCUT2D eigenvalue weighted by atomic mass is 10.1. The van der Waals surface area contributed by atoms with Gasteiger partial charge in [-0.15, -0.1) is 11.3 Å². The lowest BCUT2D eigenvalue weighted by molar-refractivity contribution is 0.176. The topological polar surface area (TPSA) is 61.6 Å². The van der Waals surface area contributed by atoms with Crippen LogP contribution in [0.25, 0.3) is 0 Å². The summed E-state index contributed by atoms with van der Waals surface area (Å²) in [5.41, 5.74) is 2.20. The van der Waals surface area contributed by atoms with Crippen LogP contribution >= 0.6 is 11.3 Å². The van der Waals surface area contributed by atoms with Gasteiger partial charge in [-0.25, -0.2) is 4.79 Å². The SMILES string of the molecule is Cc1cc(CN(C)C(=O)NC[C@H](C)N2CCc3sccc3C2)no1. The van der Waals surface area contributed by atoms with Crippen LogP contribution in [0.3, 0.4) is 0 Å². The first kappa shape index (κ1) is 17.0. The molecule has 1 N–H and O–H groups in total. The second-order valence-electron chi connectivity index (χ2n) is 6.41. The lowest BCUT2D eigenvalue weighted by Crippen LogP contribution is -2.46. The average molecular weight is 348 g/mol. The second-order valence-corrected chi connectivity index (χ2v) is 7.41. The fourth-order valence-corrected chi connectivity index (χ4v) is 3.84. The van der Waals surface area contributed by atoms with E-state index in [1.807, 2.05) is 24.3 Å².